The van der Waals surface area contributed by atoms with Crippen LogP contribution in [0.1, 0.15) is 11.7 Å². The van der Waals surface area contributed by atoms with Gasteiger partial charge in [-0.05, 0) is 12.1 Å². The summed E-state index contributed by atoms with van der Waals surface area (Å²) in [5.74, 6) is 0.0219. The van der Waals surface area contributed by atoms with E-state index in [4.69, 9.17) is 4.84 Å². The molecule has 0 aliphatic carbocycles. The van der Waals surface area contributed by atoms with E-state index >= 15 is 0 Å². The highest BCUT2D eigenvalue weighted by molar-refractivity contribution is 5.87. The molecule has 0 aromatic carbocycles. The van der Waals surface area contributed by atoms with Crippen LogP contribution >= 0.6 is 0 Å². The summed E-state index contributed by atoms with van der Waals surface area (Å²) in [6, 6.07) is 5.06. The summed E-state index contributed by atoms with van der Waals surface area (Å²) in [4.78, 5) is 20.0. The number of rotatable bonds is 1. The summed E-state index contributed by atoms with van der Waals surface area (Å²) in [5.41, 5.74) is 3.32. The molecule has 62 valence electrons. The Kier molecular flexibility index (Phi) is 1.85. The normalized spacial score (nSPS) is 23.0. The molecule has 2 rings (SSSR count). The molecule has 0 bridgehead atoms. The number of Topliss-reactive ketones (excluding diaryl/α,β-unsaturated/α-hetero) is 1. The summed E-state index contributed by atoms with van der Waals surface area (Å²) >= 11 is 0. The van der Waals surface area contributed by atoms with Gasteiger partial charge in [0.15, 0.2) is 5.78 Å². The molecule has 4 nitrogen and oxygen atoms in total. The lowest BCUT2D eigenvalue weighted by Crippen LogP contribution is -2.18. The molecule has 0 spiro atoms. The second-order valence-electron chi connectivity index (χ2n) is 2.56. The summed E-state index contributed by atoms with van der Waals surface area (Å²) in [5, 5.41) is 0. The number of hydrogen-bond acceptors (Lipinski definition) is 4. The van der Waals surface area contributed by atoms with Crippen LogP contribution in [0.2, 0.25) is 0 Å². The first-order valence-corrected chi connectivity index (χ1v) is 3.69. The first-order valence-electron chi connectivity index (χ1n) is 3.69. The van der Waals surface area contributed by atoms with E-state index in [1.165, 1.54) is 0 Å². The Balaban J connectivity index is 2.25. The largest absolute Gasteiger partial charge is 0.295 e. The Hall–Kier alpha value is -1.26. The van der Waals surface area contributed by atoms with E-state index in [1.807, 2.05) is 12.1 Å². The smallest absolute Gasteiger partial charge is 0.185 e. The van der Waals surface area contributed by atoms with Gasteiger partial charge in [0, 0.05) is 6.20 Å². The van der Waals surface area contributed by atoms with Crippen LogP contribution in [-0.2, 0) is 9.63 Å². The zero-order valence-electron chi connectivity index (χ0n) is 6.36. The van der Waals surface area contributed by atoms with Gasteiger partial charge < -0.3 is 0 Å². The molecule has 1 aromatic heterocycles. The van der Waals surface area contributed by atoms with E-state index in [2.05, 4.69) is 10.5 Å². The fraction of sp³-hybridized carbons (Fsp3) is 0.250. The van der Waals surface area contributed by atoms with Crippen molar-refractivity contribution in [1.29, 1.82) is 0 Å². The molecule has 1 N–H and O–H groups in total. The van der Waals surface area contributed by atoms with Gasteiger partial charge in [0.25, 0.3) is 0 Å². The Morgan fingerprint density at radius 3 is 3.08 bits per heavy atom. The van der Waals surface area contributed by atoms with E-state index in [0.717, 1.165) is 0 Å². The van der Waals surface area contributed by atoms with Gasteiger partial charge >= 0.3 is 0 Å². The Morgan fingerprint density at radius 2 is 2.50 bits per heavy atom. The summed E-state index contributed by atoms with van der Waals surface area (Å²) in [6.45, 7) is 0.126. The number of hydrogen-bond donors (Lipinski definition) is 1. The van der Waals surface area contributed by atoms with Crippen molar-refractivity contribution in [2.75, 3.05) is 6.61 Å². The van der Waals surface area contributed by atoms with Crippen LogP contribution in [0, 0.1) is 0 Å². The monoisotopic (exact) mass is 164 g/mol. The maximum absolute atomic E-state index is 11.1. The van der Waals surface area contributed by atoms with Gasteiger partial charge in [-0.2, -0.15) is 5.48 Å². The molecule has 1 fully saturated rings. The quantitative estimate of drug-likeness (QED) is 0.645. The molecule has 1 unspecified atom stereocenters. The van der Waals surface area contributed by atoms with Crippen LogP contribution in [0.25, 0.3) is 0 Å². The Morgan fingerprint density at radius 1 is 1.58 bits per heavy atom. The summed E-state index contributed by atoms with van der Waals surface area (Å²) < 4.78 is 0. The standard InChI is InChI=1S/C8H8N2O2/c11-7-5-12-10-8(7)6-3-1-2-4-9-6/h1-4,8,10H,5H2. The van der Waals surface area contributed by atoms with Crippen molar-refractivity contribution in [3.05, 3.63) is 30.1 Å². The Labute approximate surface area is 69.5 Å². The molecular formula is C8H8N2O2. The maximum atomic E-state index is 11.1. The third-order valence-corrected chi connectivity index (χ3v) is 1.72. The molecule has 1 aromatic rings. The first-order chi connectivity index (χ1) is 5.88. The predicted octanol–water partition coefficient (Wildman–Crippen LogP) is 0.227. The molecule has 1 aliphatic heterocycles. The number of ketones is 1. The third kappa shape index (κ3) is 1.22. The van der Waals surface area contributed by atoms with Crippen molar-refractivity contribution in [1.82, 2.24) is 10.5 Å². The number of carbonyl (C=O) groups excluding carboxylic acids is 1. The maximum Gasteiger partial charge on any atom is 0.185 e. The molecule has 1 atom stereocenters. The van der Waals surface area contributed by atoms with E-state index in [9.17, 15) is 4.79 Å². The SMILES string of the molecule is O=C1CONC1c1ccccn1. The van der Waals surface area contributed by atoms with Crippen LogP contribution in [0.3, 0.4) is 0 Å². The lowest BCUT2D eigenvalue weighted by Gasteiger charge is -2.04. The second kappa shape index (κ2) is 3.00. The van der Waals surface area contributed by atoms with Crippen molar-refractivity contribution >= 4 is 5.78 Å². The lowest BCUT2D eigenvalue weighted by atomic mass is 10.1. The molecule has 0 amide bonds. The van der Waals surface area contributed by atoms with Crippen molar-refractivity contribution in [2.45, 2.75) is 6.04 Å². The summed E-state index contributed by atoms with van der Waals surface area (Å²) in [7, 11) is 0. The van der Waals surface area contributed by atoms with Gasteiger partial charge in [-0.15, -0.1) is 0 Å². The number of aromatic nitrogens is 1. The topological polar surface area (TPSA) is 51.2 Å². The molecule has 0 saturated carbocycles. The highest BCUT2D eigenvalue weighted by Gasteiger charge is 2.27. The van der Waals surface area contributed by atoms with Gasteiger partial charge in [-0.1, -0.05) is 6.07 Å². The van der Waals surface area contributed by atoms with Crippen molar-refractivity contribution < 1.29 is 9.63 Å². The van der Waals surface area contributed by atoms with E-state index in [0.29, 0.717) is 5.69 Å². The molecular weight excluding hydrogens is 156 g/mol. The van der Waals surface area contributed by atoms with Gasteiger partial charge in [0.1, 0.15) is 12.6 Å². The highest BCUT2D eigenvalue weighted by Crippen LogP contribution is 2.14. The molecule has 0 radical (unpaired) electrons. The van der Waals surface area contributed by atoms with Gasteiger partial charge in [0.05, 0.1) is 5.69 Å². The van der Waals surface area contributed by atoms with Crippen LogP contribution in [-0.4, -0.2) is 17.4 Å². The van der Waals surface area contributed by atoms with Gasteiger partial charge in [0.2, 0.25) is 0 Å². The minimum Gasteiger partial charge on any atom is -0.295 e. The molecule has 12 heavy (non-hydrogen) atoms. The summed E-state index contributed by atoms with van der Waals surface area (Å²) in [6.07, 6.45) is 1.66. The molecule has 2 heterocycles. The molecule has 1 saturated heterocycles. The van der Waals surface area contributed by atoms with E-state index in [-0.39, 0.29) is 18.4 Å². The lowest BCUT2D eigenvalue weighted by molar-refractivity contribution is -0.118. The highest BCUT2D eigenvalue weighted by atomic mass is 16.7. The average molecular weight is 164 g/mol. The minimum absolute atomic E-state index is 0.0219. The van der Waals surface area contributed by atoms with Crippen LogP contribution < -0.4 is 5.48 Å². The average Bonchev–Trinajstić information content (AvgIpc) is 2.53. The number of nitrogens with one attached hydrogen (secondary N) is 1. The van der Waals surface area contributed by atoms with Crippen molar-refractivity contribution in [3.63, 3.8) is 0 Å². The van der Waals surface area contributed by atoms with E-state index < -0.39 is 0 Å². The first kappa shape index (κ1) is 7.39. The van der Waals surface area contributed by atoms with Crippen molar-refractivity contribution in [3.8, 4) is 0 Å². The predicted molar refractivity (Wildman–Crippen MR) is 41.1 cm³/mol. The fourth-order valence-electron chi connectivity index (χ4n) is 1.12. The van der Waals surface area contributed by atoms with Crippen molar-refractivity contribution in [2.24, 2.45) is 0 Å². The third-order valence-electron chi connectivity index (χ3n) is 1.72. The van der Waals surface area contributed by atoms with Crippen LogP contribution in [0.5, 0.6) is 0 Å². The molecule has 1 aliphatic rings. The zero-order valence-corrected chi connectivity index (χ0v) is 6.36. The van der Waals surface area contributed by atoms with Crippen LogP contribution in [0.15, 0.2) is 24.4 Å². The number of hydroxylamine groups is 1. The van der Waals surface area contributed by atoms with Gasteiger partial charge in [-0.3, -0.25) is 14.6 Å². The fourth-order valence-corrected chi connectivity index (χ4v) is 1.12. The van der Waals surface area contributed by atoms with Crippen LogP contribution in [0.4, 0.5) is 0 Å². The Bertz CT molecular complexity index is 286. The van der Waals surface area contributed by atoms with E-state index in [1.54, 1.807) is 12.3 Å². The number of nitrogens with zero attached hydrogens (tertiary/aromatic N) is 1. The number of pyridine rings is 1. The minimum atomic E-state index is -0.383. The zero-order chi connectivity index (χ0) is 8.39. The second-order valence-corrected chi connectivity index (χ2v) is 2.56. The van der Waals surface area contributed by atoms with Gasteiger partial charge in [-0.25, -0.2) is 0 Å². The molecule has 4 heteroatoms. The number of carbonyl (C=O) groups is 1.